The van der Waals surface area contributed by atoms with E-state index >= 15 is 0 Å². The molecule has 1 aliphatic carbocycles. The summed E-state index contributed by atoms with van der Waals surface area (Å²) in [7, 11) is 0. The van der Waals surface area contributed by atoms with E-state index in [9.17, 15) is 0 Å². The first kappa shape index (κ1) is 23.1. The van der Waals surface area contributed by atoms with Crippen molar-refractivity contribution in [2.45, 2.75) is 115 Å². The minimum Gasteiger partial charge on any atom is -0.376 e. The van der Waals surface area contributed by atoms with Crippen molar-refractivity contribution in [2.24, 2.45) is 0 Å². The van der Waals surface area contributed by atoms with Crippen LogP contribution in [-0.4, -0.2) is 70.2 Å². The molecule has 0 N–H and O–H groups in total. The van der Waals surface area contributed by atoms with Crippen LogP contribution in [0.25, 0.3) is 0 Å². The maximum atomic E-state index is 6.05. The van der Waals surface area contributed by atoms with E-state index in [0.717, 1.165) is 17.9 Å². The number of likely N-dealkylation sites (tertiary alicyclic amines) is 2. The van der Waals surface area contributed by atoms with E-state index in [-0.39, 0.29) is 0 Å². The molecule has 0 bridgehead atoms. The Kier molecular flexibility index (Phi) is 8.00. The van der Waals surface area contributed by atoms with Crippen LogP contribution in [0.15, 0.2) is 12.4 Å². The first-order valence-corrected chi connectivity index (χ1v) is 12.9. The van der Waals surface area contributed by atoms with Crippen molar-refractivity contribution in [3.05, 3.63) is 23.8 Å². The van der Waals surface area contributed by atoms with Crippen LogP contribution in [0.1, 0.15) is 102 Å². The molecule has 0 spiro atoms. The number of hydrogen-bond donors (Lipinski definition) is 0. The Hall–Kier alpha value is -1.04. The molecular formula is C26H44N4O. The van der Waals surface area contributed by atoms with Gasteiger partial charge in [-0.15, -0.1) is 0 Å². The van der Waals surface area contributed by atoms with Crippen LogP contribution in [0.4, 0.5) is 0 Å². The number of hydrogen-bond acceptors (Lipinski definition) is 5. The van der Waals surface area contributed by atoms with Gasteiger partial charge in [0.25, 0.3) is 0 Å². The van der Waals surface area contributed by atoms with Crippen LogP contribution < -0.4 is 0 Å². The first-order valence-electron chi connectivity index (χ1n) is 12.9. The van der Waals surface area contributed by atoms with Gasteiger partial charge in [0.05, 0.1) is 12.2 Å². The van der Waals surface area contributed by atoms with Gasteiger partial charge in [-0.3, -0.25) is 0 Å². The summed E-state index contributed by atoms with van der Waals surface area (Å²) in [5.41, 5.74) is 1.24. The van der Waals surface area contributed by atoms with Gasteiger partial charge in [-0.25, -0.2) is 9.97 Å². The van der Waals surface area contributed by atoms with Crippen molar-refractivity contribution in [1.82, 2.24) is 19.8 Å². The van der Waals surface area contributed by atoms with Crippen LogP contribution >= 0.6 is 0 Å². The normalized spacial score (nSPS) is 27.9. The third-order valence-corrected chi connectivity index (χ3v) is 7.89. The second-order valence-corrected chi connectivity index (χ2v) is 10.7. The summed E-state index contributed by atoms with van der Waals surface area (Å²) < 4.78 is 6.05. The van der Waals surface area contributed by atoms with Gasteiger partial charge >= 0.3 is 0 Å². The van der Waals surface area contributed by atoms with E-state index in [4.69, 9.17) is 14.7 Å². The van der Waals surface area contributed by atoms with Crippen LogP contribution in [0, 0.1) is 0 Å². The highest BCUT2D eigenvalue weighted by Crippen LogP contribution is 2.32. The number of ether oxygens (including phenoxy) is 1. The standard InChI is InChI=1S/C26H44N4O/c1-19(2)22-17-27-26(28-18-22)21-9-13-29(14-10-21)24-11-15-30(16-12-24)23-5-7-25(8-6-23)31-20(3)4/h17-21,23-25H,5-16H2,1-4H3. The molecule has 0 amide bonds. The summed E-state index contributed by atoms with van der Waals surface area (Å²) in [4.78, 5) is 15.0. The summed E-state index contributed by atoms with van der Waals surface area (Å²) in [5.74, 6) is 2.11. The van der Waals surface area contributed by atoms with Gasteiger partial charge < -0.3 is 14.5 Å². The predicted octanol–water partition coefficient (Wildman–Crippen LogP) is 4.98. The zero-order chi connectivity index (χ0) is 21.8. The number of rotatable bonds is 6. The molecule has 2 aliphatic heterocycles. The summed E-state index contributed by atoms with van der Waals surface area (Å²) in [5, 5.41) is 0. The van der Waals surface area contributed by atoms with Crippen LogP contribution in [0.5, 0.6) is 0 Å². The lowest BCUT2D eigenvalue weighted by molar-refractivity contribution is -0.0308. The minimum atomic E-state index is 0.368. The molecule has 4 rings (SSSR count). The molecule has 3 aliphatic rings. The van der Waals surface area contributed by atoms with E-state index in [1.807, 2.05) is 12.4 Å². The van der Waals surface area contributed by atoms with Gasteiger partial charge in [-0.1, -0.05) is 13.8 Å². The molecule has 0 aromatic carbocycles. The fourth-order valence-electron chi connectivity index (χ4n) is 5.93. The fourth-order valence-corrected chi connectivity index (χ4v) is 5.93. The number of nitrogens with zero attached hydrogens (tertiary/aromatic N) is 4. The Morgan fingerprint density at radius 2 is 1.26 bits per heavy atom. The molecule has 5 heteroatoms. The highest BCUT2D eigenvalue weighted by Gasteiger charge is 2.33. The third-order valence-electron chi connectivity index (χ3n) is 7.89. The van der Waals surface area contributed by atoms with Crippen molar-refractivity contribution < 1.29 is 4.74 Å². The molecular weight excluding hydrogens is 384 g/mol. The molecule has 31 heavy (non-hydrogen) atoms. The lowest BCUT2D eigenvalue weighted by Crippen LogP contribution is -2.50. The van der Waals surface area contributed by atoms with Crippen molar-refractivity contribution >= 4 is 0 Å². The Morgan fingerprint density at radius 3 is 1.77 bits per heavy atom. The molecule has 3 heterocycles. The van der Waals surface area contributed by atoms with Crippen molar-refractivity contribution in [3.63, 3.8) is 0 Å². The highest BCUT2D eigenvalue weighted by molar-refractivity contribution is 5.11. The van der Waals surface area contributed by atoms with Crippen molar-refractivity contribution in [1.29, 1.82) is 0 Å². The van der Waals surface area contributed by atoms with Crippen LogP contribution in [-0.2, 0) is 4.74 Å². The summed E-state index contributed by atoms with van der Waals surface area (Å²) in [6.07, 6.45) is 15.2. The van der Waals surface area contributed by atoms with Crippen molar-refractivity contribution in [3.8, 4) is 0 Å². The fraction of sp³-hybridized carbons (Fsp3) is 0.846. The van der Waals surface area contributed by atoms with Gasteiger partial charge in [-0.05, 0) is 103 Å². The molecule has 0 atom stereocenters. The monoisotopic (exact) mass is 428 g/mol. The highest BCUT2D eigenvalue weighted by atomic mass is 16.5. The summed E-state index contributed by atoms with van der Waals surface area (Å²) in [6.45, 7) is 13.7. The van der Waals surface area contributed by atoms with Crippen molar-refractivity contribution in [2.75, 3.05) is 26.2 Å². The summed E-state index contributed by atoms with van der Waals surface area (Å²) in [6, 6.07) is 1.58. The van der Waals surface area contributed by atoms with Crippen LogP contribution in [0.3, 0.4) is 0 Å². The third kappa shape index (κ3) is 6.06. The molecule has 5 nitrogen and oxygen atoms in total. The van der Waals surface area contributed by atoms with E-state index in [1.54, 1.807) is 0 Å². The van der Waals surface area contributed by atoms with Gasteiger partial charge in [0.1, 0.15) is 5.82 Å². The predicted molar refractivity (Wildman–Crippen MR) is 127 cm³/mol. The lowest BCUT2D eigenvalue weighted by Gasteiger charge is -2.45. The first-order chi connectivity index (χ1) is 15.0. The molecule has 0 radical (unpaired) electrons. The smallest absolute Gasteiger partial charge is 0.131 e. The Balaban J connectivity index is 1.18. The minimum absolute atomic E-state index is 0.368. The average molecular weight is 429 g/mol. The maximum Gasteiger partial charge on any atom is 0.131 e. The zero-order valence-electron chi connectivity index (χ0n) is 20.3. The molecule has 174 valence electrons. The lowest BCUT2D eigenvalue weighted by atomic mass is 9.89. The molecule has 3 fully saturated rings. The largest absolute Gasteiger partial charge is 0.376 e. The molecule has 0 unspecified atom stereocenters. The van der Waals surface area contributed by atoms with Gasteiger partial charge in [0, 0.05) is 30.4 Å². The Bertz CT molecular complexity index is 652. The molecule has 1 saturated carbocycles. The number of piperidine rings is 2. The Labute approximate surface area is 190 Å². The number of aromatic nitrogens is 2. The van der Waals surface area contributed by atoms with Crippen LogP contribution in [0.2, 0.25) is 0 Å². The van der Waals surface area contributed by atoms with E-state index in [1.165, 1.54) is 83.1 Å². The maximum absolute atomic E-state index is 6.05. The summed E-state index contributed by atoms with van der Waals surface area (Å²) >= 11 is 0. The van der Waals surface area contributed by atoms with Gasteiger partial charge in [-0.2, -0.15) is 0 Å². The second kappa shape index (κ2) is 10.7. The second-order valence-electron chi connectivity index (χ2n) is 10.7. The SMILES string of the molecule is CC(C)OC1CCC(N2CCC(N3CCC(c4ncc(C(C)C)cn4)CC3)CC2)CC1. The van der Waals surface area contributed by atoms with E-state index in [2.05, 4.69) is 37.5 Å². The zero-order valence-corrected chi connectivity index (χ0v) is 20.3. The quantitative estimate of drug-likeness (QED) is 0.639. The molecule has 1 aromatic heterocycles. The molecule has 2 saturated heterocycles. The molecule has 1 aromatic rings. The van der Waals surface area contributed by atoms with E-state index < -0.39 is 0 Å². The van der Waals surface area contributed by atoms with E-state index in [0.29, 0.717) is 24.0 Å². The topological polar surface area (TPSA) is 41.5 Å². The van der Waals surface area contributed by atoms with Gasteiger partial charge in [0.15, 0.2) is 0 Å². The Morgan fingerprint density at radius 1 is 0.742 bits per heavy atom. The average Bonchev–Trinajstić information content (AvgIpc) is 2.79. The van der Waals surface area contributed by atoms with Gasteiger partial charge in [0.2, 0.25) is 0 Å².